The van der Waals surface area contributed by atoms with Crippen molar-refractivity contribution >= 4 is 47.1 Å². The van der Waals surface area contributed by atoms with Crippen molar-refractivity contribution in [1.82, 2.24) is 19.8 Å². The number of morpholine rings is 1. The highest BCUT2D eigenvalue weighted by Gasteiger charge is 2.51. The first-order chi connectivity index (χ1) is 30.3. The third-order valence-corrected chi connectivity index (χ3v) is 17.5. The fraction of sp³-hybridized carbons (Fsp3) is 0.460. The first kappa shape index (κ1) is 44.4. The molecule has 1 unspecified atom stereocenters. The molecule has 0 bridgehead atoms. The fourth-order valence-corrected chi connectivity index (χ4v) is 14.1. The lowest BCUT2D eigenvalue weighted by Crippen LogP contribution is -2.68. The molecule has 4 aromatic carbocycles. The first-order valence-corrected chi connectivity index (χ1v) is 24.5. The van der Waals surface area contributed by atoms with Crippen molar-refractivity contribution in [3.8, 4) is 11.8 Å². The predicted molar refractivity (Wildman–Crippen MR) is 252 cm³/mol. The standard InChI is InChI=1S/C50H64N6O6Si/c1-49(2,3)62-48(58)55-25-26-56(38(34-55)36-61-63(50(4,5)6,40-17-9-7-10-18-40)41-19-11-8-12-20-41)46-43-22-24-54(45-33-39(57)32-37-16-13-14-21-42(37)45)35-44(43)51-47(52-46)60-29-15-23-53-27-30-59-31-28-53/h7-14,16-21,32-33,38,57H,15,22-31,34-36H2,1-6H3. The Labute approximate surface area is 373 Å². The normalized spacial score (nSPS) is 17.7. The van der Waals surface area contributed by atoms with E-state index >= 15 is 0 Å². The molecule has 3 aliphatic rings. The van der Waals surface area contributed by atoms with Crippen molar-refractivity contribution < 1.29 is 28.5 Å². The molecule has 0 spiro atoms. The molecule has 12 nitrogen and oxygen atoms in total. The molecule has 63 heavy (non-hydrogen) atoms. The van der Waals surface area contributed by atoms with Crippen LogP contribution in [0.5, 0.6) is 11.8 Å². The largest absolute Gasteiger partial charge is 0.508 e. The monoisotopic (exact) mass is 872 g/mol. The Morgan fingerprint density at radius 3 is 2.21 bits per heavy atom. The molecular formula is C50H64N6O6Si. The van der Waals surface area contributed by atoms with E-state index in [0.717, 1.165) is 72.8 Å². The van der Waals surface area contributed by atoms with Crippen molar-refractivity contribution in [3.63, 3.8) is 0 Å². The summed E-state index contributed by atoms with van der Waals surface area (Å²) in [7, 11) is -2.96. The highest BCUT2D eigenvalue weighted by atomic mass is 28.4. The maximum Gasteiger partial charge on any atom is 0.410 e. The Morgan fingerprint density at radius 2 is 1.52 bits per heavy atom. The summed E-state index contributed by atoms with van der Waals surface area (Å²) >= 11 is 0. The summed E-state index contributed by atoms with van der Waals surface area (Å²) in [5, 5.41) is 15.0. The molecular weight excluding hydrogens is 809 g/mol. The minimum absolute atomic E-state index is 0.230. The van der Waals surface area contributed by atoms with Gasteiger partial charge in [0.1, 0.15) is 17.2 Å². The van der Waals surface area contributed by atoms with Crippen molar-refractivity contribution in [3.05, 3.63) is 108 Å². The van der Waals surface area contributed by atoms with E-state index in [1.54, 1.807) is 0 Å². The summed E-state index contributed by atoms with van der Waals surface area (Å²) in [5.74, 6) is 1.05. The van der Waals surface area contributed by atoms with Gasteiger partial charge >= 0.3 is 12.1 Å². The lowest BCUT2D eigenvalue weighted by molar-refractivity contribution is 0.0199. The van der Waals surface area contributed by atoms with E-state index in [1.165, 1.54) is 10.4 Å². The molecule has 1 atom stereocenters. The molecule has 13 heteroatoms. The topological polar surface area (TPSA) is 113 Å². The maximum atomic E-state index is 13.8. The number of phenols is 1. The molecule has 0 saturated carbocycles. The second-order valence-electron chi connectivity index (χ2n) is 19.0. The number of fused-ring (bicyclic) bond motifs is 2. The Hall–Kier alpha value is -5.21. The van der Waals surface area contributed by atoms with Crippen molar-refractivity contribution in [2.24, 2.45) is 0 Å². The number of aromatic nitrogens is 2. The zero-order valence-corrected chi connectivity index (χ0v) is 38.9. The number of ether oxygens (including phenoxy) is 3. The second kappa shape index (κ2) is 18.9. The van der Waals surface area contributed by atoms with Crippen LogP contribution in [0.25, 0.3) is 10.8 Å². The summed E-state index contributed by atoms with van der Waals surface area (Å²) in [5.41, 5.74) is 2.29. The number of amides is 1. The number of rotatable bonds is 12. The van der Waals surface area contributed by atoms with E-state index in [9.17, 15) is 9.90 Å². The van der Waals surface area contributed by atoms with E-state index in [1.807, 2.05) is 56.0 Å². The molecule has 1 aromatic heterocycles. The van der Waals surface area contributed by atoms with Gasteiger partial charge in [-0.3, -0.25) is 4.90 Å². The molecule has 334 valence electrons. The molecule has 2 fully saturated rings. The predicted octanol–water partition coefficient (Wildman–Crippen LogP) is 7.00. The number of aromatic hydroxyl groups is 1. The van der Waals surface area contributed by atoms with E-state index < -0.39 is 13.9 Å². The van der Waals surface area contributed by atoms with Crippen LogP contribution in [-0.4, -0.2) is 123 Å². The van der Waals surface area contributed by atoms with Gasteiger partial charge in [0.2, 0.25) is 0 Å². The molecule has 4 heterocycles. The number of carbonyl (C=O) groups excluding carboxylic acids is 1. The highest BCUT2D eigenvalue weighted by molar-refractivity contribution is 6.99. The highest BCUT2D eigenvalue weighted by Crippen LogP contribution is 2.39. The van der Waals surface area contributed by atoms with Gasteiger partial charge in [0.25, 0.3) is 8.32 Å². The van der Waals surface area contributed by atoms with Crippen LogP contribution in [0.15, 0.2) is 97.1 Å². The van der Waals surface area contributed by atoms with Crippen LogP contribution >= 0.6 is 0 Å². The van der Waals surface area contributed by atoms with Crippen LogP contribution in [0.4, 0.5) is 16.3 Å². The summed E-state index contributed by atoms with van der Waals surface area (Å²) in [6.07, 6.45) is 1.18. The van der Waals surface area contributed by atoms with Crippen LogP contribution in [0.3, 0.4) is 0 Å². The smallest absolute Gasteiger partial charge is 0.410 e. The van der Waals surface area contributed by atoms with Gasteiger partial charge in [-0.25, -0.2) is 4.79 Å². The van der Waals surface area contributed by atoms with Crippen molar-refractivity contribution in [2.45, 2.75) is 77.6 Å². The van der Waals surface area contributed by atoms with E-state index in [2.05, 4.69) is 102 Å². The molecule has 0 aliphatic carbocycles. The van der Waals surface area contributed by atoms with Gasteiger partial charge < -0.3 is 38.4 Å². The lowest BCUT2D eigenvalue weighted by atomic mass is 10.0. The number of hydrogen-bond donors (Lipinski definition) is 1. The Kier molecular flexibility index (Phi) is 13.3. The van der Waals surface area contributed by atoms with Crippen LogP contribution < -0.4 is 24.9 Å². The van der Waals surface area contributed by atoms with Crippen molar-refractivity contribution in [1.29, 1.82) is 0 Å². The Bertz CT molecular complexity index is 2290. The van der Waals surface area contributed by atoms with Crippen molar-refractivity contribution in [2.75, 3.05) is 82.0 Å². The number of hydrogen-bond acceptors (Lipinski definition) is 11. The van der Waals surface area contributed by atoms with Gasteiger partial charge in [0, 0.05) is 68.5 Å². The van der Waals surface area contributed by atoms with Gasteiger partial charge in [-0.2, -0.15) is 9.97 Å². The zero-order valence-electron chi connectivity index (χ0n) is 37.9. The molecule has 5 aromatic rings. The number of carbonyl (C=O) groups is 1. The van der Waals surface area contributed by atoms with Crippen LogP contribution in [-0.2, 0) is 26.9 Å². The van der Waals surface area contributed by atoms with Gasteiger partial charge in [-0.05, 0) is 60.5 Å². The lowest BCUT2D eigenvalue weighted by Gasteiger charge is -2.47. The van der Waals surface area contributed by atoms with Gasteiger partial charge in [-0.1, -0.05) is 106 Å². The molecule has 8 rings (SSSR count). The van der Waals surface area contributed by atoms with Crippen LogP contribution in [0, 0.1) is 0 Å². The summed E-state index contributed by atoms with van der Waals surface area (Å²) < 4.78 is 25.6. The molecule has 3 aliphatic heterocycles. The van der Waals surface area contributed by atoms with Crippen LogP contribution in [0.1, 0.15) is 59.2 Å². The van der Waals surface area contributed by atoms with Gasteiger partial charge in [-0.15, -0.1) is 0 Å². The molecule has 2 saturated heterocycles. The summed E-state index contributed by atoms with van der Waals surface area (Å²) in [6, 6.07) is 33.3. The zero-order chi connectivity index (χ0) is 44.2. The Morgan fingerprint density at radius 1 is 0.841 bits per heavy atom. The summed E-state index contributed by atoms with van der Waals surface area (Å²) in [6.45, 7) is 20.3. The minimum Gasteiger partial charge on any atom is -0.508 e. The molecule has 0 radical (unpaired) electrons. The first-order valence-electron chi connectivity index (χ1n) is 22.6. The Balaban J connectivity index is 1.17. The average molecular weight is 873 g/mol. The number of benzene rings is 4. The second-order valence-corrected chi connectivity index (χ2v) is 23.3. The number of nitrogens with zero attached hydrogens (tertiary/aromatic N) is 6. The van der Waals surface area contributed by atoms with Crippen LogP contribution in [0.2, 0.25) is 5.04 Å². The number of phenolic OH excluding ortho intramolecular Hbond substituents is 1. The quantitative estimate of drug-likeness (QED) is 0.103. The molecule has 1 amide bonds. The average Bonchev–Trinajstić information content (AvgIpc) is 3.27. The summed E-state index contributed by atoms with van der Waals surface area (Å²) in [4.78, 5) is 33.1. The van der Waals surface area contributed by atoms with E-state index in [4.69, 9.17) is 28.6 Å². The third-order valence-electron chi connectivity index (χ3n) is 12.5. The fourth-order valence-electron chi connectivity index (χ4n) is 9.46. The SMILES string of the molecule is CC(C)(C)OC(=O)N1CCN(c2nc(OCCCN3CCOCC3)nc3c2CCN(c2cc(O)cc4ccccc24)C3)C(CO[Si](c2ccccc2)(c2ccccc2)C(C)(C)C)C1. The van der Waals surface area contributed by atoms with E-state index in [0.29, 0.717) is 58.4 Å². The number of anilines is 2. The van der Waals surface area contributed by atoms with Gasteiger partial charge in [0.15, 0.2) is 0 Å². The number of piperazine rings is 1. The maximum absolute atomic E-state index is 13.8. The van der Waals surface area contributed by atoms with Gasteiger partial charge in [0.05, 0.1) is 44.7 Å². The molecule has 1 N–H and O–H groups in total. The minimum atomic E-state index is -2.96. The third kappa shape index (κ3) is 9.96. The van der Waals surface area contributed by atoms with E-state index in [-0.39, 0.29) is 22.9 Å².